The van der Waals surface area contributed by atoms with Crippen molar-refractivity contribution in [2.24, 2.45) is 5.73 Å². The summed E-state index contributed by atoms with van der Waals surface area (Å²) >= 11 is 3.47. The van der Waals surface area contributed by atoms with Gasteiger partial charge in [-0.1, -0.05) is 40.2 Å². The molecule has 0 radical (unpaired) electrons. The lowest BCUT2D eigenvalue weighted by atomic mass is 10.0. The van der Waals surface area contributed by atoms with E-state index in [1.165, 1.54) is 0 Å². The fraction of sp³-hybridized carbons (Fsp3) is 0.231. The predicted octanol–water partition coefficient (Wildman–Crippen LogP) is 2.98. The number of halogens is 1. The predicted molar refractivity (Wildman–Crippen MR) is 70.3 cm³/mol. The van der Waals surface area contributed by atoms with E-state index in [1.807, 2.05) is 36.4 Å². The fourth-order valence-corrected chi connectivity index (χ4v) is 2.34. The van der Waals surface area contributed by atoms with Crippen LogP contribution in [0.2, 0.25) is 0 Å². The van der Waals surface area contributed by atoms with Gasteiger partial charge in [0.1, 0.15) is 0 Å². The van der Waals surface area contributed by atoms with Crippen LogP contribution in [-0.4, -0.2) is 11.1 Å². The topological polar surface area (TPSA) is 46.2 Å². The smallest absolute Gasteiger partial charge is 0.0949 e. The van der Waals surface area contributed by atoms with Crippen LogP contribution in [0.15, 0.2) is 40.9 Å². The molecular formula is C13H14BrNO. The van der Waals surface area contributed by atoms with Crippen LogP contribution < -0.4 is 5.73 Å². The second-order valence-electron chi connectivity index (χ2n) is 4.02. The third-order valence-electron chi connectivity index (χ3n) is 2.68. The summed E-state index contributed by atoms with van der Waals surface area (Å²) in [6, 6.07) is 11.8. The van der Waals surface area contributed by atoms with Crippen molar-refractivity contribution in [3.8, 4) is 0 Å². The van der Waals surface area contributed by atoms with Crippen LogP contribution in [0, 0.1) is 0 Å². The van der Waals surface area contributed by atoms with Gasteiger partial charge < -0.3 is 10.8 Å². The van der Waals surface area contributed by atoms with Gasteiger partial charge in [-0.25, -0.2) is 0 Å². The Balaban J connectivity index is 2.58. The Bertz CT molecular complexity index is 510. The van der Waals surface area contributed by atoms with Crippen LogP contribution in [-0.2, 0) is 0 Å². The monoisotopic (exact) mass is 279 g/mol. The van der Waals surface area contributed by atoms with Gasteiger partial charge in [-0.05, 0) is 35.4 Å². The van der Waals surface area contributed by atoms with Gasteiger partial charge in [-0.3, -0.25) is 0 Å². The van der Waals surface area contributed by atoms with Crippen LogP contribution >= 0.6 is 15.9 Å². The Morgan fingerprint density at radius 1 is 1.19 bits per heavy atom. The van der Waals surface area contributed by atoms with Gasteiger partial charge in [0.25, 0.3) is 0 Å². The number of aliphatic hydroxyl groups excluding tert-OH is 1. The first-order valence-corrected chi connectivity index (χ1v) is 6.00. The van der Waals surface area contributed by atoms with E-state index >= 15 is 0 Å². The Morgan fingerprint density at radius 2 is 1.75 bits per heavy atom. The normalized spacial score (nSPS) is 15.0. The number of aliphatic hydroxyl groups is 1. The average Bonchev–Trinajstić information content (AvgIpc) is 2.27. The molecule has 84 valence electrons. The molecule has 0 heterocycles. The van der Waals surface area contributed by atoms with Gasteiger partial charge in [-0.15, -0.1) is 0 Å². The molecule has 0 aliphatic rings. The summed E-state index contributed by atoms with van der Waals surface area (Å²) in [6.07, 6.45) is -0.640. The molecule has 0 amide bonds. The zero-order chi connectivity index (χ0) is 11.7. The van der Waals surface area contributed by atoms with E-state index in [-0.39, 0.29) is 6.04 Å². The number of hydrogen-bond acceptors (Lipinski definition) is 2. The van der Waals surface area contributed by atoms with Crippen molar-refractivity contribution in [1.29, 1.82) is 0 Å². The third-order valence-corrected chi connectivity index (χ3v) is 3.37. The van der Waals surface area contributed by atoms with Gasteiger partial charge >= 0.3 is 0 Å². The van der Waals surface area contributed by atoms with Crippen molar-refractivity contribution in [2.75, 3.05) is 0 Å². The highest BCUT2D eigenvalue weighted by molar-refractivity contribution is 9.10. The maximum Gasteiger partial charge on any atom is 0.0949 e. The zero-order valence-electron chi connectivity index (χ0n) is 9.02. The first-order valence-electron chi connectivity index (χ1n) is 5.21. The Hall–Kier alpha value is -0.900. The van der Waals surface area contributed by atoms with Crippen molar-refractivity contribution < 1.29 is 5.11 Å². The fourth-order valence-electron chi connectivity index (χ4n) is 1.74. The standard InChI is InChI=1S/C13H14BrNO/c1-8(15)13(16)11-6-9-4-2-3-5-10(9)7-12(11)14/h2-8,13,16H,15H2,1H3/t8-,13-/m0/s1. The molecule has 0 unspecified atom stereocenters. The highest BCUT2D eigenvalue weighted by atomic mass is 79.9. The lowest BCUT2D eigenvalue weighted by Crippen LogP contribution is -2.24. The lowest BCUT2D eigenvalue weighted by molar-refractivity contribution is 0.153. The van der Waals surface area contributed by atoms with E-state index in [2.05, 4.69) is 15.9 Å². The summed E-state index contributed by atoms with van der Waals surface area (Å²) in [5, 5.41) is 12.2. The molecule has 0 fully saturated rings. The summed E-state index contributed by atoms with van der Waals surface area (Å²) in [5.74, 6) is 0. The lowest BCUT2D eigenvalue weighted by Gasteiger charge is -2.17. The van der Waals surface area contributed by atoms with Gasteiger partial charge in [-0.2, -0.15) is 0 Å². The van der Waals surface area contributed by atoms with Crippen LogP contribution in [0.25, 0.3) is 10.8 Å². The van der Waals surface area contributed by atoms with Crippen molar-refractivity contribution in [3.63, 3.8) is 0 Å². The summed E-state index contributed by atoms with van der Waals surface area (Å²) < 4.78 is 0.899. The molecule has 0 spiro atoms. The van der Waals surface area contributed by atoms with Crippen molar-refractivity contribution >= 4 is 26.7 Å². The van der Waals surface area contributed by atoms with Crippen molar-refractivity contribution in [1.82, 2.24) is 0 Å². The van der Waals surface area contributed by atoms with Gasteiger partial charge in [0, 0.05) is 10.5 Å². The first kappa shape index (κ1) is 11.6. The number of nitrogens with two attached hydrogens (primary N) is 1. The molecule has 2 rings (SSSR count). The molecule has 0 aromatic heterocycles. The van der Waals surface area contributed by atoms with Crippen molar-refractivity contribution in [3.05, 3.63) is 46.4 Å². The minimum Gasteiger partial charge on any atom is -0.387 e. The zero-order valence-corrected chi connectivity index (χ0v) is 10.6. The molecular weight excluding hydrogens is 266 g/mol. The molecule has 0 aliphatic heterocycles. The van der Waals surface area contributed by atoms with Gasteiger partial charge in [0.2, 0.25) is 0 Å². The average molecular weight is 280 g/mol. The molecule has 16 heavy (non-hydrogen) atoms. The molecule has 3 heteroatoms. The molecule has 2 atom stereocenters. The van der Waals surface area contributed by atoms with E-state index < -0.39 is 6.10 Å². The van der Waals surface area contributed by atoms with Gasteiger partial charge in [0.05, 0.1) is 6.10 Å². The Labute approximate surface area is 103 Å². The SMILES string of the molecule is C[C@H](N)[C@H](O)c1cc2ccccc2cc1Br. The molecule has 2 aromatic carbocycles. The quantitative estimate of drug-likeness (QED) is 0.888. The molecule has 0 bridgehead atoms. The molecule has 0 saturated carbocycles. The Kier molecular flexibility index (Phi) is 3.28. The van der Waals surface area contributed by atoms with Crippen LogP contribution in [0.4, 0.5) is 0 Å². The summed E-state index contributed by atoms with van der Waals surface area (Å²) in [7, 11) is 0. The molecule has 0 saturated heterocycles. The molecule has 3 N–H and O–H groups in total. The minimum absolute atomic E-state index is 0.280. The summed E-state index contributed by atoms with van der Waals surface area (Å²) in [6.45, 7) is 1.80. The molecule has 0 aliphatic carbocycles. The number of benzene rings is 2. The van der Waals surface area contributed by atoms with Crippen LogP contribution in [0.1, 0.15) is 18.6 Å². The van der Waals surface area contributed by atoms with Gasteiger partial charge in [0.15, 0.2) is 0 Å². The highest BCUT2D eigenvalue weighted by Crippen LogP contribution is 2.29. The maximum atomic E-state index is 9.98. The highest BCUT2D eigenvalue weighted by Gasteiger charge is 2.15. The molecule has 2 aromatic rings. The number of hydrogen-bond donors (Lipinski definition) is 2. The van der Waals surface area contributed by atoms with Crippen LogP contribution in [0.3, 0.4) is 0 Å². The Morgan fingerprint density at radius 3 is 2.31 bits per heavy atom. The number of fused-ring (bicyclic) bond motifs is 1. The second-order valence-corrected chi connectivity index (χ2v) is 4.88. The third kappa shape index (κ3) is 2.12. The summed E-state index contributed by atoms with van der Waals surface area (Å²) in [5.41, 5.74) is 6.55. The second kappa shape index (κ2) is 4.53. The van der Waals surface area contributed by atoms with E-state index in [1.54, 1.807) is 6.92 Å². The van der Waals surface area contributed by atoms with E-state index in [4.69, 9.17) is 5.73 Å². The molecule has 2 nitrogen and oxygen atoms in total. The largest absolute Gasteiger partial charge is 0.387 e. The first-order chi connectivity index (χ1) is 7.59. The van der Waals surface area contributed by atoms with E-state index in [9.17, 15) is 5.11 Å². The van der Waals surface area contributed by atoms with Crippen molar-refractivity contribution in [2.45, 2.75) is 19.1 Å². The van der Waals surface area contributed by atoms with E-state index in [0.29, 0.717) is 0 Å². The number of rotatable bonds is 2. The summed E-state index contributed by atoms with van der Waals surface area (Å²) in [4.78, 5) is 0. The minimum atomic E-state index is -0.640. The maximum absolute atomic E-state index is 9.98. The van der Waals surface area contributed by atoms with Crippen LogP contribution in [0.5, 0.6) is 0 Å². The van der Waals surface area contributed by atoms with E-state index in [0.717, 1.165) is 20.8 Å².